The first kappa shape index (κ1) is 11.7. The molecule has 0 atom stereocenters. The van der Waals surface area contributed by atoms with E-state index in [1.807, 2.05) is 0 Å². The number of aromatic nitrogens is 5. The van der Waals surface area contributed by atoms with Gasteiger partial charge in [-0.15, -0.1) is 0 Å². The SMILES string of the molecule is Nc1cn[nH]cnc(-c2cncc(F)c2)nc1O. The van der Waals surface area contributed by atoms with E-state index in [1.54, 1.807) is 0 Å². The number of nitrogens with zero attached hydrogens (tertiary/aromatic N) is 4. The fraction of sp³-hybridized carbons (Fsp3) is 0. The van der Waals surface area contributed by atoms with E-state index in [9.17, 15) is 9.50 Å². The maximum Gasteiger partial charge on any atom is 0.238 e. The van der Waals surface area contributed by atoms with Crippen LogP contribution in [0.3, 0.4) is 0 Å². The van der Waals surface area contributed by atoms with Gasteiger partial charge in [0.15, 0.2) is 5.82 Å². The third kappa shape index (κ3) is 2.67. The summed E-state index contributed by atoms with van der Waals surface area (Å²) in [5, 5.41) is 15.7. The highest BCUT2D eigenvalue weighted by atomic mass is 19.1. The van der Waals surface area contributed by atoms with Crippen LogP contribution in [-0.4, -0.2) is 30.3 Å². The van der Waals surface area contributed by atoms with Crippen LogP contribution in [0.15, 0.2) is 31.0 Å². The van der Waals surface area contributed by atoms with Gasteiger partial charge in [0.05, 0.1) is 12.4 Å². The molecule has 92 valence electrons. The van der Waals surface area contributed by atoms with Gasteiger partial charge in [0.2, 0.25) is 5.88 Å². The Hall–Kier alpha value is -2.77. The lowest BCUT2D eigenvalue weighted by molar-refractivity contribution is 0.457. The molecule has 0 bridgehead atoms. The zero-order valence-corrected chi connectivity index (χ0v) is 9.08. The smallest absolute Gasteiger partial charge is 0.238 e. The van der Waals surface area contributed by atoms with Crippen molar-refractivity contribution in [1.82, 2.24) is 25.1 Å². The molecule has 2 heterocycles. The normalized spacial score (nSPS) is 9.83. The summed E-state index contributed by atoms with van der Waals surface area (Å²) in [5.74, 6) is -0.940. The predicted molar refractivity (Wildman–Crippen MR) is 61.1 cm³/mol. The molecule has 4 N–H and O–H groups in total. The lowest BCUT2D eigenvalue weighted by Crippen LogP contribution is -1.90. The molecule has 0 radical (unpaired) electrons. The number of nitrogens with one attached hydrogen (secondary N) is 1. The molecule has 0 fully saturated rings. The zero-order valence-electron chi connectivity index (χ0n) is 9.08. The standard InChI is InChI=1S/C10H9FN6O/c11-7-1-6(2-13-3-7)9-14-5-16-15-4-8(12)10(18)17-9/h1-5,18H,12H2,(H,14,16,17). The number of hydrogen-bond acceptors (Lipinski definition) is 6. The second kappa shape index (κ2) is 5.04. The van der Waals surface area contributed by atoms with Crippen LogP contribution < -0.4 is 5.73 Å². The number of aromatic amines is 1. The second-order valence-corrected chi connectivity index (χ2v) is 3.25. The highest BCUT2D eigenvalue weighted by Gasteiger charge is 2.03. The highest BCUT2D eigenvalue weighted by molar-refractivity contribution is 5.54. The number of halogens is 1. The monoisotopic (exact) mass is 248 g/mol. The quantitative estimate of drug-likeness (QED) is 0.688. The minimum atomic E-state index is -0.536. The van der Waals surface area contributed by atoms with E-state index in [1.165, 1.54) is 24.8 Å². The minimum absolute atomic E-state index is 0.0464. The van der Waals surface area contributed by atoms with E-state index >= 15 is 0 Å². The molecule has 0 aromatic carbocycles. The molecule has 18 heavy (non-hydrogen) atoms. The summed E-state index contributed by atoms with van der Waals surface area (Å²) in [5.41, 5.74) is 5.73. The average molecular weight is 248 g/mol. The summed E-state index contributed by atoms with van der Waals surface area (Å²) in [4.78, 5) is 11.3. The Labute approximate surface area is 101 Å². The van der Waals surface area contributed by atoms with Gasteiger partial charge in [-0.3, -0.25) is 10.1 Å². The van der Waals surface area contributed by atoms with Crippen LogP contribution in [0.2, 0.25) is 0 Å². The molecule has 0 saturated carbocycles. The van der Waals surface area contributed by atoms with Gasteiger partial charge in [-0.2, -0.15) is 10.1 Å². The molecule has 2 aromatic rings. The van der Waals surface area contributed by atoms with Gasteiger partial charge in [-0.25, -0.2) is 9.37 Å². The van der Waals surface area contributed by atoms with E-state index < -0.39 is 11.7 Å². The Balaban J connectivity index is 2.65. The van der Waals surface area contributed by atoms with Crippen molar-refractivity contribution in [2.45, 2.75) is 0 Å². The van der Waals surface area contributed by atoms with Crippen molar-refractivity contribution in [1.29, 1.82) is 0 Å². The lowest BCUT2D eigenvalue weighted by atomic mass is 10.2. The minimum Gasteiger partial charge on any atom is -0.492 e. The van der Waals surface area contributed by atoms with E-state index in [0.717, 1.165) is 6.20 Å². The molecule has 0 amide bonds. The average Bonchev–Trinajstić information content (AvgIpc) is 2.43. The van der Waals surface area contributed by atoms with Gasteiger partial charge in [0, 0.05) is 11.8 Å². The molecule has 0 unspecified atom stereocenters. The van der Waals surface area contributed by atoms with Crippen molar-refractivity contribution in [3.8, 4) is 17.3 Å². The van der Waals surface area contributed by atoms with Crippen LogP contribution in [0.5, 0.6) is 5.88 Å². The van der Waals surface area contributed by atoms with E-state index in [0.29, 0.717) is 5.56 Å². The van der Waals surface area contributed by atoms with Gasteiger partial charge in [-0.05, 0) is 6.07 Å². The molecule has 2 aromatic heterocycles. The fourth-order valence-electron chi connectivity index (χ4n) is 1.15. The van der Waals surface area contributed by atoms with E-state index in [2.05, 4.69) is 25.1 Å². The number of nitrogen functional groups attached to an aromatic ring is 1. The first-order valence-corrected chi connectivity index (χ1v) is 4.86. The third-order valence-corrected chi connectivity index (χ3v) is 1.96. The van der Waals surface area contributed by atoms with Crippen molar-refractivity contribution in [3.05, 3.63) is 36.8 Å². The Kier molecular flexibility index (Phi) is 3.28. The van der Waals surface area contributed by atoms with Crippen molar-refractivity contribution >= 4 is 5.69 Å². The largest absolute Gasteiger partial charge is 0.492 e. The van der Waals surface area contributed by atoms with Crippen LogP contribution in [0.4, 0.5) is 10.1 Å². The molecular weight excluding hydrogens is 239 g/mol. The number of H-pyrrole nitrogens is 1. The number of nitrogens with two attached hydrogens (primary N) is 1. The summed E-state index contributed by atoms with van der Waals surface area (Å²) in [6.45, 7) is 0. The highest BCUT2D eigenvalue weighted by Crippen LogP contribution is 2.17. The molecule has 0 aliphatic rings. The topological polar surface area (TPSA) is 114 Å². The van der Waals surface area contributed by atoms with E-state index in [4.69, 9.17) is 5.73 Å². The van der Waals surface area contributed by atoms with Crippen LogP contribution in [0.1, 0.15) is 0 Å². The summed E-state index contributed by atoms with van der Waals surface area (Å²) in [6.07, 6.45) is 4.82. The molecule has 0 aliphatic heterocycles. The zero-order chi connectivity index (χ0) is 13.0. The van der Waals surface area contributed by atoms with Gasteiger partial charge in [0.1, 0.15) is 17.8 Å². The molecule has 7 nitrogen and oxygen atoms in total. The van der Waals surface area contributed by atoms with Crippen LogP contribution in [0, 0.1) is 5.82 Å². The third-order valence-electron chi connectivity index (χ3n) is 1.96. The van der Waals surface area contributed by atoms with Gasteiger partial charge in [0.25, 0.3) is 0 Å². The number of pyridine rings is 1. The second-order valence-electron chi connectivity index (χ2n) is 3.25. The predicted octanol–water partition coefficient (Wildman–Crippen LogP) is 0.813. The molecule has 0 aliphatic carbocycles. The maximum absolute atomic E-state index is 13.0. The van der Waals surface area contributed by atoms with Gasteiger partial charge in [-0.1, -0.05) is 0 Å². The van der Waals surface area contributed by atoms with Gasteiger partial charge >= 0.3 is 0 Å². The molecule has 8 heteroatoms. The molecule has 0 saturated heterocycles. The van der Waals surface area contributed by atoms with Crippen LogP contribution >= 0.6 is 0 Å². The first-order chi connectivity index (χ1) is 8.66. The maximum atomic E-state index is 13.0. The van der Waals surface area contributed by atoms with Crippen LogP contribution in [-0.2, 0) is 0 Å². The summed E-state index contributed by atoms with van der Waals surface area (Å²) in [7, 11) is 0. The van der Waals surface area contributed by atoms with Crippen LogP contribution in [0.25, 0.3) is 11.4 Å². The fourth-order valence-corrected chi connectivity index (χ4v) is 1.15. The molecule has 2 rings (SSSR count). The van der Waals surface area contributed by atoms with Crippen molar-refractivity contribution in [3.63, 3.8) is 0 Å². The van der Waals surface area contributed by atoms with E-state index in [-0.39, 0.29) is 11.5 Å². The Morgan fingerprint density at radius 2 is 2.11 bits per heavy atom. The Bertz CT molecular complexity index is 613. The lowest BCUT2D eigenvalue weighted by Gasteiger charge is -1.97. The summed E-state index contributed by atoms with van der Waals surface area (Å²) < 4.78 is 13.0. The Morgan fingerprint density at radius 1 is 1.28 bits per heavy atom. The number of aromatic hydroxyl groups is 1. The van der Waals surface area contributed by atoms with Crippen molar-refractivity contribution < 1.29 is 9.50 Å². The van der Waals surface area contributed by atoms with Crippen molar-refractivity contribution in [2.75, 3.05) is 5.73 Å². The molecular formula is C10H9FN6O. The molecule has 0 spiro atoms. The number of anilines is 1. The summed E-state index contributed by atoms with van der Waals surface area (Å²) in [6, 6.07) is 1.19. The van der Waals surface area contributed by atoms with Crippen molar-refractivity contribution in [2.24, 2.45) is 0 Å². The first-order valence-electron chi connectivity index (χ1n) is 4.86. The number of rotatable bonds is 1. The number of hydrogen-bond donors (Lipinski definition) is 3. The Morgan fingerprint density at radius 3 is 2.89 bits per heavy atom. The van der Waals surface area contributed by atoms with Gasteiger partial charge < -0.3 is 10.8 Å². The summed E-state index contributed by atoms with van der Waals surface area (Å²) >= 11 is 0.